The topological polar surface area (TPSA) is 101 Å². The van der Waals surface area contributed by atoms with Gasteiger partial charge in [-0.15, -0.1) is 0 Å². The maximum Gasteiger partial charge on any atom is 0.308 e. The predicted molar refractivity (Wildman–Crippen MR) is 69.3 cm³/mol. The Kier molecular flexibility index (Phi) is 4.15. The molecule has 21 heavy (non-hydrogen) atoms. The lowest BCUT2D eigenvalue weighted by Crippen LogP contribution is -2.42. The van der Waals surface area contributed by atoms with Gasteiger partial charge >= 0.3 is 11.7 Å². The van der Waals surface area contributed by atoms with E-state index in [-0.39, 0.29) is 12.1 Å². The van der Waals surface area contributed by atoms with Crippen molar-refractivity contribution in [3.05, 3.63) is 39.7 Å². The molecule has 1 saturated heterocycles. The lowest BCUT2D eigenvalue weighted by molar-refractivity contribution is -0.387. The van der Waals surface area contributed by atoms with Crippen LogP contribution >= 0.6 is 0 Å². The second kappa shape index (κ2) is 5.86. The van der Waals surface area contributed by atoms with E-state index in [1.165, 1.54) is 11.0 Å². The van der Waals surface area contributed by atoms with Crippen molar-refractivity contribution in [3.63, 3.8) is 0 Å². The van der Waals surface area contributed by atoms with Crippen LogP contribution in [0.4, 0.5) is 10.1 Å². The maximum absolute atomic E-state index is 13.5. The number of rotatable bonds is 3. The Labute approximate surface area is 119 Å². The standard InChI is InChI=1S/C13H13FN2O5/c14-10-6-8(3-4-11(10)16(20)21)12(17)15-5-1-2-9(7-15)13(18)19/h3-4,6,9H,1-2,5,7H2,(H,18,19)/t9-/m0/s1. The summed E-state index contributed by atoms with van der Waals surface area (Å²) in [4.78, 5) is 34.2. The third-order valence-corrected chi connectivity index (χ3v) is 3.45. The maximum atomic E-state index is 13.5. The van der Waals surface area contributed by atoms with Gasteiger partial charge in [-0.25, -0.2) is 0 Å². The molecule has 112 valence electrons. The Hall–Kier alpha value is -2.51. The van der Waals surface area contributed by atoms with Crippen LogP contribution in [0.25, 0.3) is 0 Å². The number of benzene rings is 1. The zero-order chi connectivity index (χ0) is 15.6. The Morgan fingerprint density at radius 1 is 1.43 bits per heavy atom. The molecule has 0 unspecified atom stereocenters. The average molecular weight is 296 g/mol. The van der Waals surface area contributed by atoms with Crippen molar-refractivity contribution in [1.29, 1.82) is 0 Å². The van der Waals surface area contributed by atoms with Gasteiger partial charge in [0.05, 0.1) is 10.8 Å². The molecule has 1 amide bonds. The van der Waals surface area contributed by atoms with E-state index in [0.29, 0.717) is 19.4 Å². The summed E-state index contributed by atoms with van der Waals surface area (Å²) < 4.78 is 13.5. The molecule has 1 fully saturated rings. The number of nitrogens with zero attached hydrogens (tertiary/aromatic N) is 2. The quantitative estimate of drug-likeness (QED) is 0.675. The number of halogens is 1. The molecule has 2 rings (SSSR count). The van der Waals surface area contributed by atoms with E-state index in [4.69, 9.17) is 5.11 Å². The van der Waals surface area contributed by atoms with E-state index < -0.39 is 34.2 Å². The fourth-order valence-corrected chi connectivity index (χ4v) is 2.33. The number of amides is 1. The number of hydrogen-bond acceptors (Lipinski definition) is 4. The number of nitro benzene ring substituents is 1. The van der Waals surface area contributed by atoms with Gasteiger partial charge in [0.1, 0.15) is 0 Å². The smallest absolute Gasteiger partial charge is 0.308 e. The van der Waals surface area contributed by atoms with Crippen LogP contribution in [0.5, 0.6) is 0 Å². The highest BCUT2D eigenvalue weighted by molar-refractivity contribution is 5.94. The van der Waals surface area contributed by atoms with Crippen LogP contribution in [0.3, 0.4) is 0 Å². The summed E-state index contributed by atoms with van der Waals surface area (Å²) in [6.45, 7) is 0.452. The summed E-state index contributed by atoms with van der Waals surface area (Å²) in [7, 11) is 0. The summed E-state index contributed by atoms with van der Waals surface area (Å²) in [6, 6.07) is 2.92. The zero-order valence-corrected chi connectivity index (χ0v) is 11.0. The minimum absolute atomic E-state index is 0.0239. The van der Waals surface area contributed by atoms with Gasteiger partial charge in [-0.3, -0.25) is 19.7 Å². The van der Waals surface area contributed by atoms with Crippen LogP contribution in [0.1, 0.15) is 23.2 Å². The SMILES string of the molecule is O=C(O)[C@H]1CCCN(C(=O)c2ccc([N+](=O)[O-])c(F)c2)C1. The normalized spacial score (nSPS) is 18.3. The summed E-state index contributed by atoms with van der Waals surface area (Å²) in [5.74, 6) is -3.21. The molecule has 0 aromatic heterocycles. The predicted octanol–water partition coefficient (Wildman–Crippen LogP) is 1.67. The molecule has 1 aliphatic heterocycles. The number of aliphatic carboxylic acids is 1. The van der Waals surface area contributed by atoms with E-state index >= 15 is 0 Å². The minimum atomic E-state index is -1.09. The van der Waals surface area contributed by atoms with Gasteiger partial charge in [0, 0.05) is 24.7 Å². The molecule has 0 bridgehead atoms. The average Bonchev–Trinajstić information content (AvgIpc) is 2.46. The second-order valence-electron chi connectivity index (χ2n) is 4.85. The Balaban J connectivity index is 2.18. The van der Waals surface area contributed by atoms with E-state index in [0.717, 1.165) is 12.1 Å². The Morgan fingerprint density at radius 2 is 2.14 bits per heavy atom. The Morgan fingerprint density at radius 3 is 2.71 bits per heavy atom. The fraction of sp³-hybridized carbons (Fsp3) is 0.385. The van der Waals surface area contributed by atoms with Gasteiger partial charge in [-0.1, -0.05) is 0 Å². The summed E-state index contributed by atoms with van der Waals surface area (Å²) in [6.07, 6.45) is 1.05. The van der Waals surface area contributed by atoms with Crippen molar-refractivity contribution in [2.75, 3.05) is 13.1 Å². The minimum Gasteiger partial charge on any atom is -0.481 e. The van der Waals surface area contributed by atoms with E-state index in [2.05, 4.69) is 0 Å². The van der Waals surface area contributed by atoms with Crippen molar-refractivity contribution >= 4 is 17.6 Å². The largest absolute Gasteiger partial charge is 0.481 e. The zero-order valence-electron chi connectivity index (χ0n) is 11.0. The molecule has 0 spiro atoms. The summed E-state index contributed by atoms with van der Waals surface area (Å²) in [5, 5.41) is 19.5. The van der Waals surface area contributed by atoms with Crippen molar-refractivity contribution in [1.82, 2.24) is 4.90 Å². The summed E-state index contributed by atoms with van der Waals surface area (Å²) >= 11 is 0. The molecular weight excluding hydrogens is 283 g/mol. The molecule has 1 aromatic rings. The third-order valence-electron chi connectivity index (χ3n) is 3.45. The molecule has 0 radical (unpaired) electrons. The number of carboxylic acids is 1. The number of hydrogen-bond donors (Lipinski definition) is 1. The van der Waals surface area contributed by atoms with E-state index in [9.17, 15) is 24.1 Å². The van der Waals surface area contributed by atoms with Gasteiger partial charge in [0.25, 0.3) is 5.91 Å². The molecule has 8 heteroatoms. The van der Waals surface area contributed by atoms with Gasteiger partial charge in [-0.2, -0.15) is 4.39 Å². The highest BCUT2D eigenvalue weighted by Gasteiger charge is 2.29. The fourth-order valence-electron chi connectivity index (χ4n) is 2.33. The third kappa shape index (κ3) is 3.15. The number of likely N-dealkylation sites (tertiary alicyclic amines) is 1. The van der Waals surface area contributed by atoms with E-state index in [1.54, 1.807) is 0 Å². The van der Waals surface area contributed by atoms with Crippen molar-refractivity contribution < 1.29 is 24.0 Å². The Bertz CT molecular complexity index is 604. The lowest BCUT2D eigenvalue weighted by atomic mass is 9.97. The van der Waals surface area contributed by atoms with Crippen molar-refractivity contribution in [3.8, 4) is 0 Å². The van der Waals surface area contributed by atoms with Crippen LogP contribution in [-0.4, -0.2) is 39.9 Å². The number of nitro groups is 1. The number of piperidine rings is 1. The van der Waals surface area contributed by atoms with Crippen LogP contribution in [0.2, 0.25) is 0 Å². The van der Waals surface area contributed by atoms with Gasteiger partial charge in [-0.05, 0) is 25.0 Å². The molecule has 0 saturated carbocycles. The lowest BCUT2D eigenvalue weighted by Gasteiger charge is -2.30. The first-order valence-electron chi connectivity index (χ1n) is 6.36. The van der Waals surface area contributed by atoms with Gasteiger partial charge in [0.15, 0.2) is 0 Å². The molecule has 1 aliphatic rings. The molecule has 7 nitrogen and oxygen atoms in total. The van der Waals surface area contributed by atoms with Crippen LogP contribution in [-0.2, 0) is 4.79 Å². The van der Waals surface area contributed by atoms with Crippen molar-refractivity contribution in [2.45, 2.75) is 12.8 Å². The van der Waals surface area contributed by atoms with Crippen LogP contribution < -0.4 is 0 Å². The van der Waals surface area contributed by atoms with Crippen molar-refractivity contribution in [2.24, 2.45) is 5.92 Å². The molecule has 0 aliphatic carbocycles. The summed E-state index contributed by atoms with van der Waals surface area (Å²) in [5.41, 5.74) is -0.724. The van der Waals surface area contributed by atoms with Crippen LogP contribution in [0.15, 0.2) is 18.2 Å². The van der Waals surface area contributed by atoms with E-state index in [1.807, 2.05) is 0 Å². The second-order valence-corrected chi connectivity index (χ2v) is 4.85. The number of carbonyl (C=O) groups is 2. The molecule has 1 aromatic carbocycles. The van der Waals surface area contributed by atoms with Crippen LogP contribution in [0, 0.1) is 21.8 Å². The van der Waals surface area contributed by atoms with Gasteiger partial charge in [0.2, 0.25) is 5.82 Å². The molecule has 1 N–H and O–H groups in total. The number of carbonyl (C=O) groups excluding carboxylic acids is 1. The molecule has 1 atom stereocenters. The molecular formula is C13H13FN2O5. The highest BCUT2D eigenvalue weighted by atomic mass is 19.1. The number of carboxylic acid groups (broad SMARTS) is 1. The highest BCUT2D eigenvalue weighted by Crippen LogP contribution is 2.22. The molecule has 1 heterocycles. The first-order chi connectivity index (χ1) is 9.90. The van der Waals surface area contributed by atoms with Gasteiger partial charge < -0.3 is 10.0 Å². The first kappa shape index (κ1) is 14.9. The first-order valence-corrected chi connectivity index (χ1v) is 6.36. The monoisotopic (exact) mass is 296 g/mol.